The molecule has 3 nitrogen and oxygen atoms in total. The molecule has 0 fully saturated rings. The number of hydrogen-bond acceptors (Lipinski definition) is 2. The largest absolute Gasteiger partial charge is 0.507 e. The van der Waals surface area contributed by atoms with Gasteiger partial charge in [0.25, 0.3) is 0 Å². The van der Waals surface area contributed by atoms with E-state index in [0.29, 0.717) is 4.47 Å². The van der Waals surface area contributed by atoms with Gasteiger partial charge in [-0.05, 0) is 22.0 Å². The summed E-state index contributed by atoms with van der Waals surface area (Å²) in [5, 5.41) is 14.5. The molecule has 1 heterocycles. The average Bonchev–Trinajstić information content (AvgIpc) is 2.35. The number of benzene rings is 1. The van der Waals surface area contributed by atoms with E-state index in [1.165, 1.54) is 0 Å². The molecule has 62 valence electrons. The SMILES string of the molecule is Cn1ncc2cc(Br)c(O)cc21. The molecule has 0 aliphatic heterocycles. The van der Waals surface area contributed by atoms with Crippen LogP contribution in [0.4, 0.5) is 0 Å². The normalized spacial score (nSPS) is 10.8. The Bertz CT molecular complexity index is 436. The van der Waals surface area contributed by atoms with Crippen molar-refractivity contribution in [1.82, 2.24) is 9.78 Å². The maximum atomic E-state index is 9.37. The van der Waals surface area contributed by atoms with E-state index in [2.05, 4.69) is 21.0 Å². The molecule has 12 heavy (non-hydrogen) atoms. The smallest absolute Gasteiger partial charge is 0.131 e. The fourth-order valence-electron chi connectivity index (χ4n) is 1.16. The monoisotopic (exact) mass is 226 g/mol. The van der Waals surface area contributed by atoms with Gasteiger partial charge in [0.15, 0.2) is 0 Å². The Morgan fingerprint density at radius 3 is 3.00 bits per heavy atom. The van der Waals surface area contributed by atoms with Crippen molar-refractivity contribution < 1.29 is 5.11 Å². The third-order valence-electron chi connectivity index (χ3n) is 1.81. The molecule has 0 radical (unpaired) electrons. The number of phenols is 1. The Morgan fingerprint density at radius 1 is 1.50 bits per heavy atom. The van der Waals surface area contributed by atoms with Crippen molar-refractivity contribution in [2.45, 2.75) is 0 Å². The van der Waals surface area contributed by atoms with Crippen LogP contribution < -0.4 is 0 Å². The Kier molecular flexibility index (Phi) is 1.58. The minimum absolute atomic E-state index is 0.242. The van der Waals surface area contributed by atoms with Gasteiger partial charge < -0.3 is 5.11 Å². The fraction of sp³-hybridized carbons (Fsp3) is 0.125. The van der Waals surface area contributed by atoms with Crippen LogP contribution in [0.5, 0.6) is 5.75 Å². The van der Waals surface area contributed by atoms with Gasteiger partial charge in [-0.15, -0.1) is 0 Å². The highest BCUT2D eigenvalue weighted by Gasteiger charge is 2.03. The van der Waals surface area contributed by atoms with Crippen LogP contribution in [0.1, 0.15) is 0 Å². The fourth-order valence-corrected chi connectivity index (χ4v) is 1.52. The molecule has 1 N–H and O–H groups in total. The third kappa shape index (κ3) is 0.992. The number of aryl methyl sites for hydroxylation is 1. The van der Waals surface area contributed by atoms with Crippen LogP contribution in [-0.2, 0) is 7.05 Å². The number of fused-ring (bicyclic) bond motifs is 1. The van der Waals surface area contributed by atoms with Gasteiger partial charge in [0.1, 0.15) is 5.75 Å². The van der Waals surface area contributed by atoms with Crippen molar-refractivity contribution >= 4 is 26.8 Å². The van der Waals surface area contributed by atoms with Gasteiger partial charge in [-0.3, -0.25) is 4.68 Å². The first-order valence-electron chi connectivity index (χ1n) is 3.48. The zero-order valence-electron chi connectivity index (χ0n) is 6.45. The van der Waals surface area contributed by atoms with Gasteiger partial charge in [-0.25, -0.2) is 0 Å². The summed E-state index contributed by atoms with van der Waals surface area (Å²) < 4.78 is 2.42. The van der Waals surface area contributed by atoms with Crippen LogP contribution in [0.3, 0.4) is 0 Å². The molecule has 2 aromatic rings. The summed E-state index contributed by atoms with van der Waals surface area (Å²) >= 11 is 3.24. The van der Waals surface area contributed by atoms with E-state index in [1.54, 1.807) is 16.9 Å². The number of phenolic OH excluding ortho intramolecular Hbond substituents is 1. The maximum Gasteiger partial charge on any atom is 0.131 e. The molecule has 2 rings (SSSR count). The third-order valence-corrected chi connectivity index (χ3v) is 2.45. The van der Waals surface area contributed by atoms with Crippen LogP contribution in [0.25, 0.3) is 10.9 Å². The number of nitrogens with zero attached hydrogens (tertiary/aromatic N) is 2. The molecule has 0 saturated carbocycles. The second-order valence-corrected chi connectivity index (χ2v) is 3.48. The molecule has 0 bridgehead atoms. The van der Waals surface area contributed by atoms with Crippen LogP contribution in [0.2, 0.25) is 0 Å². The van der Waals surface area contributed by atoms with E-state index in [-0.39, 0.29) is 5.75 Å². The molecule has 4 heteroatoms. The summed E-state index contributed by atoms with van der Waals surface area (Å²) in [6.07, 6.45) is 1.76. The Hall–Kier alpha value is -1.03. The van der Waals surface area contributed by atoms with Crippen molar-refractivity contribution in [2.75, 3.05) is 0 Å². The number of halogens is 1. The lowest BCUT2D eigenvalue weighted by molar-refractivity contribution is 0.472. The molecule has 0 aliphatic rings. The molecule has 0 unspecified atom stereocenters. The first-order valence-corrected chi connectivity index (χ1v) is 4.28. The lowest BCUT2D eigenvalue weighted by Crippen LogP contribution is -1.87. The summed E-state index contributed by atoms with van der Waals surface area (Å²) in [6.45, 7) is 0. The van der Waals surface area contributed by atoms with Gasteiger partial charge in [0.05, 0.1) is 16.2 Å². The lowest BCUT2D eigenvalue weighted by Gasteiger charge is -1.97. The van der Waals surface area contributed by atoms with E-state index >= 15 is 0 Å². The van der Waals surface area contributed by atoms with Gasteiger partial charge in [-0.1, -0.05) is 0 Å². The van der Waals surface area contributed by atoms with Gasteiger partial charge in [-0.2, -0.15) is 5.10 Å². The molecule has 1 aromatic carbocycles. The van der Waals surface area contributed by atoms with Crippen LogP contribution >= 0.6 is 15.9 Å². The Balaban J connectivity index is 2.87. The minimum Gasteiger partial charge on any atom is -0.507 e. The summed E-state index contributed by atoms with van der Waals surface area (Å²) in [5.74, 6) is 0.242. The van der Waals surface area contributed by atoms with Gasteiger partial charge in [0, 0.05) is 18.5 Å². The van der Waals surface area contributed by atoms with Crippen molar-refractivity contribution in [3.8, 4) is 5.75 Å². The van der Waals surface area contributed by atoms with E-state index in [0.717, 1.165) is 10.9 Å². The van der Waals surface area contributed by atoms with Gasteiger partial charge in [0.2, 0.25) is 0 Å². The number of rotatable bonds is 0. The van der Waals surface area contributed by atoms with Crippen LogP contribution in [0, 0.1) is 0 Å². The second kappa shape index (κ2) is 2.48. The molecule has 1 aromatic heterocycles. The standard InChI is InChI=1S/C8H7BrN2O/c1-11-7-3-8(12)6(9)2-5(7)4-10-11/h2-4,12H,1H3. The predicted molar refractivity (Wildman–Crippen MR) is 50.1 cm³/mol. The highest BCUT2D eigenvalue weighted by molar-refractivity contribution is 9.10. The molecule has 0 atom stereocenters. The zero-order valence-corrected chi connectivity index (χ0v) is 8.04. The number of aromatic hydroxyl groups is 1. The van der Waals surface area contributed by atoms with E-state index in [4.69, 9.17) is 0 Å². The molecule has 0 aliphatic carbocycles. The maximum absolute atomic E-state index is 9.37. The Morgan fingerprint density at radius 2 is 2.25 bits per heavy atom. The quantitative estimate of drug-likeness (QED) is 0.747. The van der Waals surface area contributed by atoms with Crippen molar-refractivity contribution in [1.29, 1.82) is 0 Å². The first-order chi connectivity index (χ1) is 5.68. The van der Waals surface area contributed by atoms with E-state index < -0.39 is 0 Å². The summed E-state index contributed by atoms with van der Waals surface area (Å²) in [7, 11) is 1.84. The average molecular weight is 227 g/mol. The lowest BCUT2D eigenvalue weighted by atomic mass is 10.2. The Labute approximate surface area is 77.7 Å². The van der Waals surface area contributed by atoms with Crippen molar-refractivity contribution in [2.24, 2.45) is 7.05 Å². The molecular formula is C8H7BrN2O. The number of hydrogen-bond donors (Lipinski definition) is 1. The van der Waals surface area contributed by atoms with Gasteiger partial charge >= 0.3 is 0 Å². The van der Waals surface area contributed by atoms with Crippen LogP contribution in [-0.4, -0.2) is 14.9 Å². The van der Waals surface area contributed by atoms with Crippen molar-refractivity contribution in [3.05, 3.63) is 22.8 Å². The van der Waals surface area contributed by atoms with Crippen LogP contribution in [0.15, 0.2) is 22.8 Å². The predicted octanol–water partition coefficient (Wildman–Crippen LogP) is 2.04. The van der Waals surface area contributed by atoms with Crippen molar-refractivity contribution in [3.63, 3.8) is 0 Å². The van der Waals surface area contributed by atoms with E-state index in [1.807, 2.05) is 13.1 Å². The minimum atomic E-state index is 0.242. The topological polar surface area (TPSA) is 38.0 Å². The summed E-state index contributed by atoms with van der Waals surface area (Å²) in [6, 6.07) is 3.53. The highest BCUT2D eigenvalue weighted by atomic mass is 79.9. The molecular weight excluding hydrogens is 220 g/mol. The number of aromatic nitrogens is 2. The molecule has 0 saturated heterocycles. The van der Waals surface area contributed by atoms with E-state index in [9.17, 15) is 5.11 Å². The second-order valence-electron chi connectivity index (χ2n) is 2.63. The molecule has 0 amide bonds. The highest BCUT2D eigenvalue weighted by Crippen LogP contribution is 2.28. The zero-order chi connectivity index (χ0) is 8.72. The summed E-state index contributed by atoms with van der Waals surface area (Å²) in [4.78, 5) is 0. The first kappa shape index (κ1) is 7.61. The summed E-state index contributed by atoms with van der Waals surface area (Å²) in [5.41, 5.74) is 0.927. The molecule has 0 spiro atoms.